The van der Waals surface area contributed by atoms with Crippen LogP contribution in [0.1, 0.15) is 12.5 Å². The number of carbonyl (C=O) groups excluding carboxylic acids is 1. The minimum atomic E-state index is 0. The van der Waals surface area contributed by atoms with E-state index in [1.54, 1.807) is 12.3 Å². The number of aromatic nitrogens is 2. The molecule has 0 aliphatic rings. The fourth-order valence-electron chi connectivity index (χ4n) is 1.43. The maximum atomic E-state index is 10.6. The second kappa shape index (κ2) is 6.52. The Morgan fingerprint density at radius 1 is 1.47 bits per heavy atom. The molecule has 0 fully saturated rings. The van der Waals surface area contributed by atoms with Gasteiger partial charge in [-0.1, -0.05) is 11.5 Å². The van der Waals surface area contributed by atoms with Crippen LogP contribution in [-0.2, 0) is 11.3 Å². The third kappa shape index (κ3) is 2.75. The van der Waals surface area contributed by atoms with Gasteiger partial charge >= 0.3 is 51.4 Å². The minimum absolute atomic E-state index is 0. The minimum Gasteiger partial charge on any atom is -0.870 e. The Kier molecular flexibility index (Phi) is 6.50. The maximum Gasteiger partial charge on any atom is 1.00 e. The van der Waals surface area contributed by atoms with E-state index < -0.39 is 0 Å². The van der Waals surface area contributed by atoms with Crippen molar-refractivity contribution < 1.29 is 61.7 Å². The summed E-state index contributed by atoms with van der Waals surface area (Å²) in [6.07, 6.45) is 5.47. The molecule has 0 atom stereocenters. The predicted octanol–water partition coefficient (Wildman–Crippen LogP) is -1.66. The molecule has 0 aromatic carbocycles. The van der Waals surface area contributed by atoms with E-state index in [1.807, 2.05) is 30.0 Å². The summed E-state index contributed by atoms with van der Waals surface area (Å²) in [6, 6.07) is 3.57. The van der Waals surface area contributed by atoms with Gasteiger partial charge in [0.15, 0.2) is 0 Å². The molecule has 1 N–H and O–H groups in total. The van der Waals surface area contributed by atoms with Crippen LogP contribution in [0.25, 0.3) is 11.0 Å². The zero-order chi connectivity index (χ0) is 9.26. The van der Waals surface area contributed by atoms with Crippen molar-refractivity contribution in [2.45, 2.75) is 13.5 Å². The molecule has 74 valence electrons. The molecule has 0 unspecified atom stereocenters. The summed E-state index contributed by atoms with van der Waals surface area (Å²) in [4.78, 5) is 14.8. The van der Waals surface area contributed by atoms with Crippen LogP contribution in [0.15, 0.2) is 24.5 Å². The van der Waals surface area contributed by atoms with Crippen molar-refractivity contribution in [1.82, 2.24) is 9.55 Å². The van der Waals surface area contributed by atoms with E-state index in [2.05, 4.69) is 4.98 Å². The Hall–Kier alpha value is -0.0436. The Morgan fingerprint density at radius 2 is 2.20 bits per heavy atom. The van der Waals surface area contributed by atoms with Crippen LogP contribution in [-0.4, -0.2) is 21.3 Å². The van der Waals surface area contributed by atoms with E-state index >= 15 is 0 Å². The van der Waals surface area contributed by atoms with Crippen LogP contribution in [0, 0.1) is 0 Å². The first-order valence-corrected chi connectivity index (χ1v) is 4.19. The van der Waals surface area contributed by atoms with Gasteiger partial charge in [0.25, 0.3) is 0 Å². The van der Waals surface area contributed by atoms with Gasteiger partial charge in [-0.15, -0.1) is 11.6 Å². The first kappa shape index (κ1) is 15.0. The Labute approximate surface area is 130 Å². The summed E-state index contributed by atoms with van der Waals surface area (Å²) in [5.41, 5.74) is 1.43. The summed E-state index contributed by atoms with van der Waals surface area (Å²) in [5.74, 6) is 0. The van der Waals surface area contributed by atoms with Gasteiger partial charge in [0.2, 0.25) is 0 Å². The van der Waals surface area contributed by atoms with Crippen LogP contribution in [0.3, 0.4) is 0 Å². The van der Waals surface area contributed by atoms with E-state index in [9.17, 15) is 4.79 Å². The molecule has 4 nitrogen and oxygen atoms in total. The molecule has 0 spiro atoms. The zero-order valence-electron chi connectivity index (χ0n) is 8.77. The first-order chi connectivity index (χ1) is 6.36. The average molecular weight is 229 g/mol. The summed E-state index contributed by atoms with van der Waals surface area (Å²) in [6.45, 7) is 2.90. The normalized spacial score (nSPS) is 9.13. The summed E-state index contributed by atoms with van der Waals surface area (Å²) >= 11 is 0. The number of hydrogen-bond acceptors (Lipinski definition) is 3. The summed E-state index contributed by atoms with van der Waals surface area (Å²) < 4.78 is 2.00. The second-order valence-electron chi connectivity index (χ2n) is 2.80. The van der Waals surface area contributed by atoms with E-state index in [0.717, 1.165) is 17.6 Å². The Bertz CT molecular complexity index is 454. The average Bonchev–Trinajstić information content (AvgIpc) is 2.60. The van der Waals surface area contributed by atoms with Crippen molar-refractivity contribution in [2.24, 2.45) is 0 Å². The zero-order valence-corrected chi connectivity index (χ0v) is 11.9. The summed E-state index contributed by atoms with van der Waals surface area (Å²) in [5, 5.41) is 0.874. The van der Waals surface area contributed by atoms with Gasteiger partial charge in [-0.25, -0.2) is 0 Å². The van der Waals surface area contributed by atoms with Gasteiger partial charge in [-0.2, -0.15) is 0 Å². The van der Waals surface area contributed by atoms with E-state index in [-0.39, 0.29) is 56.9 Å². The molecule has 2 rings (SSSR count). The molecule has 0 saturated heterocycles. The smallest absolute Gasteiger partial charge is 0.870 e. The molecule has 0 amide bonds. The number of nitrogens with zero attached hydrogens (tertiary/aromatic N) is 2. The third-order valence-corrected chi connectivity index (χ3v) is 2.11. The topological polar surface area (TPSA) is 64.9 Å². The fourth-order valence-corrected chi connectivity index (χ4v) is 1.43. The van der Waals surface area contributed by atoms with Crippen LogP contribution in [0.5, 0.6) is 0 Å². The number of rotatable bonds is 2. The molecule has 0 aliphatic heterocycles. The van der Waals surface area contributed by atoms with Gasteiger partial charge in [0.05, 0.1) is 11.9 Å². The van der Waals surface area contributed by atoms with Gasteiger partial charge in [-0.3, -0.25) is 4.98 Å². The SMILES string of the molecule is CCn1ccc2c([C-]=O)ccnc21.[K+].[OH-]. The van der Waals surface area contributed by atoms with Crippen molar-refractivity contribution >= 4 is 17.3 Å². The summed E-state index contributed by atoms with van der Waals surface area (Å²) in [7, 11) is 0. The molecule has 2 heterocycles. The van der Waals surface area contributed by atoms with Crippen LogP contribution < -0.4 is 51.4 Å². The van der Waals surface area contributed by atoms with Gasteiger partial charge in [-0.05, 0) is 19.3 Å². The van der Waals surface area contributed by atoms with Crippen molar-refractivity contribution in [2.75, 3.05) is 0 Å². The number of aryl methyl sites for hydroxylation is 1. The molecule has 0 saturated carbocycles. The first-order valence-electron chi connectivity index (χ1n) is 4.19. The molecule has 2 aromatic heterocycles. The van der Waals surface area contributed by atoms with Gasteiger partial charge in [0.1, 0.15) is 0 Å². The largest absolute Gasteiger partial charge is 1.00 e. The van der Waals surface area contributed by atoms with E-state index in [4.69, 9.17) is 0 Å². The molecular weight excluding hydrogens is 219 g/mol. The number of pyridine rings is 1. The third-order valence-electron chi connectivity index (χ3n) is 2.11. The monoisotopic (exact) mass is 229 g/mol. The quantitative estimate of drug-likeness (QED) is 0.457. The van der Waals surface area contributed by atoms with Gasteiger partial charge < -0.3 is 14.8 Å². The van der Waals surface area contributed by atoms with Crippen LogP contribution in [0.4, 0.5) is 0 Å². The number of hydrogen-bond donors (Lipinski definition) is 0. The standard InChI is InChI=1S/C10H9N2O.K.H2O/c1-2-12-6-4-9-8(7-13)3-5-11-10(9)12;;/h3-6H,2H2,1H3;;1H2/q-1;+1;/p-1. The van der Waals surface area contributed by atoms with E-state index in [0.29, 0.717) is 5.56 Å². The Balaban J connectivity index is 0.000000980. The fraction of sp³-hybridized carbons (Fsp3) is 0.200. The maximum absolute atomic E-state index is 10.6. The van der Waals surface area contributed by atoms with Crippen molar-refractivity contribution in [1.29, 1.82) is 0 Å². The van der Waals surface area contributed by atoms with E-state index in [1.165, 1.54) is 0 Å². The number of fused-ring (bicyclic) bond motifs is 1. The molecular formula is C10H10KN2O2-. The Morgan fingerprint density at radius 3 is 2.80 bits per heavy atom. The molecule has 15 heavy (non-hydrogen) atoms. The molecule has 2 aromatic rings. The van der Waals surface area contributed by atoms with Gasteiger partial charge in [0, 0.05) is 6.54 Å². The van der Waals surface area contributed by atoms with Crippen molar-refractivity contribution in [3.8, 4) is 0 Å². The molecule has 0 aliphatic carbocycles. The second-order valence-corrected chi connectivity index (χ2v) is 2.80. The molecule has 0 radical (unpaired) electrons. The van der Waals surface area contributed by atoms with Crippen LogP contribution >= 0.6 is 0 Å². The van der Waals surface area contributed by atoms with Crippen molar-refractivity contribution in [3.63, 3.8) is 0 Å². The molecule has 0 bridgehead atoms. The predicted molar refractivity (Wildman–Crippen MR) is 52.1 cm³/mol. The molecule has 5 heteroatoms. The van der Waals surface area contributed by atoms with Crippen molar-refractivity contribution in [3.05, 3.63) is 30.1 Å². The van der Waals surface area contributed by atoms with Crippen LogP contribution in [0.2, 0.25) is 0 Å².